The first-order valence-electron chi connectivity index (χ1n) is 13.2. The van der Waals surface area contributed by atoms with Crippen LogP contribution in [-0.2, 0) is 19.3 Å². The van der Waals surface area contributed by atoms with Gasteiger partial charge in [0.2, 0.25) is 0 Å². The summed E-state index contributed by atoms with van der Waals surface area (Å²) in [6.45, 7) is 4.13. The van der Waals surface area contributed by atoms with Gasteiger partial charge in [-0.3, -0.25) is 0 Å². The maximum Gasteiger partial charge on any atom is 0.0434 e. The van der Waals surface area contributed by atoms with Crippen molar-refractivity contribution < 1.29 is 0 Å². The molecule has 0 radical (unpaired) electrons. The molecule has 0 spiro atoms. The van der Waals surface area contributed by atoms with E-state index in [1.54, 1.807) is 11.1 Å². The van der Waals surface area contributed by atoms with Crippen LogP contribution < -0.4 is 5.32 Å². The van der Waals surface area contributed by atoms with Crippen LogP contribution in [0.3, 0.4) is 0 Å². The summed E-state index contributed by atoms with van der Waals surface area (Å²) in [5.41, 5.74) is 11.7. The third kappa shape index (κ3) is 4.02. The van der Waals surface area contributed by atoms with E-state index in [-0.39, 0.29) is 0 Å². The first-order chi connectivity index (χ1) is 18.2. The van der Waals surface area contributed by atoms with Crippen molar-refractivity contribution in [2.24, 2.45) is 0 Å². The Kier molecular flexibility index (Phi) is 5.56. The van der Waals surface area contributed by atoms with Gasteiger partial charge in [-0.25, -0.2) is 0 Å². The lowest BCUT2D eigenvalue weighted by atomic mass is 9.89. The van der Waals surface area contributed by atoms with Crippen LogP contribution in [0.25, 0.3) is 42.4 Å². The number of fused-ring (bicyclic) bond motifs is 5. The van der Waals surface area contributed by atoms with Gasteiger partial charge >= 0.3 is 0 Å². The summed E-state index contributed by atoms with van der Waals surface area (Å²) in [5.74, 6) is 0. The van der Waals surface area contributed by atoms with Gasteiger partial charge in [-0.15, -0.1) is 11.3 Å². The minimum Gasteiger partial charge on any atom is -0.356 e. The highest BCUT2D eigenvalue weighted by atomic mass is 32.1. The van der Waals surface area contributed by atoms with Gasteiger partial charge in [-0.1, -0.05) is 85.5 Å². The van der Waals surface area contributed by atoms with Gasteiger partial charge in [-0.05, 0) is 89.3 Å². The molecule has 180 valence electrons. The summed E-state index contributed by atoms with van der Waals surface area (Å²) in [4.78, 5) is 0. The Morgan fingerprint density at radius 3 is 2.11 bits per heavy atom. The van der Waals surface area contributed by atoms with Gasteiger partial charge in [0.1, 0.15) is 0 Å². The van der Waals surface area contributed by atoms with E-state index < -0.39 is 0 Å². The highest BCUT2D eigenvalue weighted by molar-refractivity contribution is 7.26. The van der Waals surface area contributed by atoms with Crippen molar-refractivity contribution >= 4 is 37.2 Å². The van der Waals surface area contributed by atoms with Crippen molar-refractivity contribution in [3.63, 3.8) is 0 Å². The molecule has 0 saturated heterocycles. The molecule has 2 aliphatic rings. The van der Waals surface area contributed by atoms with E-state index >= 15 is 0 Å². The minimum absolute atomic E-state index is 0.888. The Morgan fingerprint density at radius 1 is 0.676 bits per heavy atom. The van der Waals surface area contributed by atoms with Crippen LogP contribution in [0.15, 0.2) is 109 Å². The Balaban J connectivity index is 1.37. The molecule has 1 aromatic heterocycles. The lowest BCUT2D eigenvalue weighted by Gasteiger charge is -2.17. The smallest absolute Gasteiger partial charge is 0.0434 e. The number of hydrogen-bond acceptors (Lipinski definition) is 2. The van der Waals surface area contributed by atoms with E-state index in [0.29, 0.717) is 0 Å². The average Bonchev–Trinajstić information content (AvgIpc) is 3.35. The standard InChI is InChI=1S/C35H29NS/c1-23-9-3-2-4-12-28-22-27(19-20-33(28)36-23)30-14-8-16-32-31-15-7-13-29(34(31)37-35(30)32)26-18-17-24-10-5-6-11-25(24)21-26/h2-4,7-9,13-22,36H,1,5-6,10-12H2/b4-2-,9-3-. The van der Waals surface area contributed by atoms with E-state index in [1.165, 1.54) is 73.7 Å². The van der Waals surface area contributed by atoms with Crippen LogP contribution in [-0.4, -0.2) is 0 Å². The lowest BCUT2D eigenvalue weighted by molar-refractivity contribution is 0.686. The van der Waals surface area contributed by atoms with Crippen LogP contribution in [0.5, 0.6) is 0 Å². The van der Waals surface area contributed by atoms with Crippen LogP contribution in [0.2, 0.25) is 0 Å². The molecule has 1 N–H and O–H groups in total. The monoisotopic (exact) mass is 495 g/mol. The quantitative estimate of drug-likeness (QED) is 0.257. The third-order valence-electron chi connectivity index (χ3n) is 7.78. The molecular formula is C35H29NS. The Bertz CT molecular complexity index is 1750. The summed E-state index contributed by atoms with van der Waals surface area (Å²) in [6, 6.07) is 27.5. The van der Waals surface area contributed by atoms with Crippen molar-refractivity contribution in [3.05, 3.63) is 126 Å². The molecule has 4 aromatic carbocycles. The number of aryl methyl sites for hydroxylation is 2. The fourth-order valence-electron chi connectivity index (χ4n) is 5.89. The Morgan fingerprint density at radius 2 is 1.35 bits per heavy atom. The second kappa shape index (κ2) is 9.21. The number of nitrogens with one attached hydrogen (secondary N) is 1. The molecule has 0 fully saturated rings. The van der Waals surface area contributed by atoms with E-state index in [0.717, 1.165) is 17.8 Å². The van der Waals surface area contributed by atoms with Gasteiger partial charge in [0.15, 0.2) is 0 Å². The van der Waals surface area contributed by atoms with Gasteiger partial charge in [0.05, 0.1) is 0 Å². The summed E-state index contributed by atoms with van der Waals surface area (Å²) < 4.78 is 2.75. The van der Waals surface area contributed by atoms with Crippen molar-refractivity contribution in [2.45, 2.75) is 32.1 Å². The summed E-state index contributed by atoms with van der Waals surface area (Å²) in [5, 5.41) is 6.17. The number of rotatable bonds is 2. The summed E-state index contributed by atoms with van der Waals surface area (Å²) in [7, 11) is 0. The lowest BCUT2D eigenvalue weighted by Crippen LogP contribution is -2.02. The molecule has 37 heavy (non-hydrogen) atoms. The van der Waals surface area contributed by atoms with Gasteiger partial charge < -0.3 is 5.32 Å². The topological polar surface area (TPSA) is 12.0 Å². The number of allylic oxidation sites excluding steroid dienone is 4. The fraction of sp³-hybridized carbons (Fsp3) is 0.143. The molecule has 1 aliphatic carbocycles. The SMILES string of the molecule is C=C1/C=C\C=C/Cc2cc(-c3cccc4c3sc3c(-c5ccc6c(c5)CCCC6)cccc34)ccc2N1. The zero-order chi connectivity index (χ0) is 24.8. The molecule has 5 aromatic rings. The Labute approximate surface area is 222 Å². The van der Waals surface area contributed by atoms with Gasteiger partial charge in [-0.2, -0.15) is 0 Å². The zero-order valence-corrected chi connectivity index (χ0v) is 21.7. The van der Waals surface area contributed by atoms with Crippen LogP contribution in [0.4, 0.5) is 5.69 Å². The first-order valence-corrected chi connectivity index (χ1v) is 14.0. The van der Waals surface area contributed by atoms with Crippen LogP contribution in [0, 0.1) is 0 Å². The molecule has 1 nitrogen and oxygen atoms in total. The number of thiophene rings is 1. The maximum atomic E-state index is 4.13. The minimum atomic E-state index is 0.888. The van der Waals surface area contributed by atoms with Crippen molar-refractivity contribution in [1.82, 2.24) is 0 Å². The van der Waals surface area contributed by atoms with Crippen LogP contribution >= 0.6 is 11.3 Å². The zero-order valence-electron chi connectivity index (χ0n) is 20.9. The van der Waals surface area contributed by atoms with Gasteiger partial charge in [0, 0.05) is 31.6 Å². The molecule has 2 heterocycles. The molecular weight excluding hydrogens is 466 g/mol. The van der Waals surface area contributed by atoms with Crippen molar-refractivity contribution in [1.29, 1.82) is 0 Å². The van der Waals surface area contributed by atoms with Gasteiger partial charge in [0.25, 0.3) is 0 Å². The molecule has 0 saturated carbocycles. The largest absolute Gasteiger partial charge is 0.356 e. The third-order valence-corrected chi connectivity index (χ3v) is 9.07. The molecule has 0 unspecified atom stereocenters. The normalized spacial score (nSPS) is 16.8. The molecule has 2 heteroatoms. The molecule has 0 atom stereocenters. The van der Waals surface area contributed by atoms with E-state index in [1.807, 2.05) is 23.5 Å². The predicted molar refractivity (Wildman–Crippen MR) is 162 cm³/mol. The molecule has 0 amide bonds. The molecule has 0 bridgehead atoms. The highest BCUT2D eigenvalue weighted by Crippen LogP contribution is 2.44. The van der Waals surface area contributed by atoms with Crippen molar-refractivity contribution in [2.75, 3.05) is 5.32 Å². The van der Waals surface area contributed by atoms with E-state index in [4.69, 9.17) is 0 Å². The predicted octanol–water partition coefficient (Wildman–Crippen LogP) is 9.86. The van der Waals surface area contributed by atoms with E-state index in [2.05, 4.69) is 96.8 Å². The number of hydrogen-bond donors (Lipinski definition) is 1. The average molecular weight is 496 g/mol. The first kappa shape index (κ1) is 22.3. The van der Waals surface area contributed by atoms with E-state index in [9.17, 15) is 0 Å². The second-order valence-electron chi connectivity index (χ2n) is 10.2. The summed E-state index contributed by atoms with van der Waals surface area (Å²) >= 11 is 1.94. The van der Waals surface area contributed by atoms with Crippen molar-refractivity contribution in [3.8, 4) is 22.3 Å². The fourth-order valence-corrected chi connectivity index (χ4v) is 7.26. The Hall–Kier alpha value is -3.88. The molecule has 7 rings (SSSR count). The molecule has 1 aliphatic heterocycles. The number of benzene rings is 4. The second-order valence-corrected chi connectivity index (χ2v) is 11.2. The number of anilines is 1. The highest BCUT2D eigenvalue weighted by Gasteiger charge is 2.16. The maximum absolute atomic E-state index is 4.13. The summed E-state index contributed by atoms with van der Waals surface area (Å²) in [6.07, 6.45) is 14.3. The van der Waals surface area contributed by atoms with Crippen LogP contribution in [0.1, 0.15) is 29.5 Å².